The number of aromatic nitrogens is 1. The number of nitrogens with one attached hydrogen (secondary N) is 1. The first-order valence-corrected chi connectivity index (χ1v) is 8.77. The quantitative estimate of drug-likeness (QED) is 0.360. The molecule has 0 unspecified atom stereocenters. The highest BCUT2D eigenvalue weighted by Gasteiger charge is 2.27. The molecule has 0 spiro atoms. The number of nitro benzene ring substituents is 1. The van der Waals surface area contributed by atoms with Crippen molar-refractivity contribution in [1.29, 1.82) is 0 Å². The van der Waals surface area contributed by atoms with E-state index in [1.54, 1.807) is 31.2 Å². The Hall–Kier alpha value is -3.72. The summed E-state index contributed by atoms with van der Waals surface area (Å²) < 4.78 is 10.2. The second-order valence-corrected chi connectivity index (χ2v) is 6.16. The minimum atomic E-state index is -0.724. The number of hydrogen-bond acceptors (Lipinski definition) is 7. The van der Waals surface area contributed by atoms with Gasteiger partial charge in [0, 0.05) is 28.3 Å². The van der Waals surface area contributed by atoms with Gasteiger partial charge in [-0.25, -0.2) is 4.79 Å². The standard InChI is InChI=1S/C19H14ClN3O6/c1-2-28-19(25)15-16(11-3-7-13(20)8-4-11)22-29-18(15)21-17(24)12-5-9-14(10-6-12)23(26)27/h3-10H,2H2,1H3,(H,21,24). The average Bonchev–Trinajstić information content (AvgIpc) is 3.12. The van der Waals surface area contributed by atoms with E-state index in [1.807, 2.05) is 0 Å². The molecule has 10 heteroatoms. The first-order chi connectivity index (χ1) is 13.9. The number of carbonyl (C=O) groups is 2. The number of nitrogens with zero attached hydrogens (tertiary/aromatic N) is 2. The largest absolute Gasteiger partial charge is 0.462 e. The van der Waals surface area contributed by atoms with E-state index in [4.69, 9.17) is 20.9 Å². The predicted octanol–water partition coefficient (Wildman–Crippen LogP) is 4.33. The molecule has 0 aliphatic heterocycles. The molecule has 0 atom stereocenters. The van der Waals surface area contributed by atoms with Crippen molar-refractivity contribution in [2.45, 2.75) is 6.92 Å². The molecular weight excluding hydrogens is 402 g/mol. The summed E-state index contributed by atoms with van der Waals surface area (Å²) in [5.74, 6) is -1.56. The summed E-state index contributed by atoms with van der Waals surface area (Å²) in [6, 6.07) is 11.5. The number of rotatable bonds is 6. The van der Waals surface area contributed by atoms with Crippen molar-refractivity contribution in [2.75, 3.05) is 11.9 Å². The molecule has 1 heterocycles. The van der Waals surface area contributed by atoms with Crippen LogP contribution in [0.4, 0.5) is 11.6 Å². The molecule has 0 aliphatic rings. The molecule has 0 saturated heterocycles. The fraction of sp³-hybridized carbons (Fsp3) is 0.105. The highest BCUT2D eigenvalue weighted by molar-refractivity contribution is 6.30. The average molecular weight is 416 g/mol. The molecule has 0 saturated carbocycles. The Balaban J connectivity index is 1.94. The van der Waals surface area contributed by atoms with E-state index in [1.165, 1.54) is 24.3 Å². The van der Waals surface area contributed by atoms with Gasteiger partial charge in [-0.05, 0) is 31.2 Å². The fourth-order valence-electron chi connectivity index (χ4n) is 2.48. The second-order valence-electron chi connectivity index (χ2n) is 5.72. The third kappa shape index (κ3) is 4.41. The van der Waals surface area contributed by atoms with Gasteiger partial charge in [0.1, 0.15) is 5.69 Å². The van der Waals surface area contributed by atoms with Gasteiger partial charge in [0.05, 0.1) is 11.5 Å². The van der Waals surface area contributed by atoms with Gasteiger partial charge in [0.15, 0.2) is 5.56 Å². The van der Waals surface area contributed by atoms with Crippen molar-refractivity contribution in [2.24, 2.45) is 0 Å². The molecule has 9 nitrogen and oxygen atoms in total. The third-order valence-corrected chi connectivity index (χ3v) is 4.11. The number of halogens is 1. The molecule has 0 fully saturated rings. The lowest BCUT2D eigenvalue weighted by Crippen LogP contribution is -2.15. The van der Waals surface area contributed by atoms with Crippen LogP contribution in [-0.4, -0.2) is 28.6 Å². The summed E-state index contributed by atoms with van der Waals surface area (Å²) in [5, 5.41) is 17.6. The number of carbonyl (C=O) groups excluding carboxylic acids is 2. The molecule has 1 amide bonds. The van der Waals surface area contributed by atoms with Crippen LogP contribution in [0.1, 0.15) is 27.6 Å². The fourth-order valence-corrected chi connectivity index (χ4v) is 2.61. The minimum Gasteiger partial charge on any atom is -0.462 e. The van der Waals surface area contributed by atoms with Crippen LogP contribution in [0, 0.1) is 10.1 Å². The lowest BCUT2D eigenvalue weighted by molar-refractivity contribution is -0.384. The van der Waals surface area contributed by atoms with E-state index in [0.29, 0.717) is 10.6 Å². The van der Waals surface area contributed by atoms with Gasteiger partial charge in [-0.3, -0.25) is 20.2 Å². The Morgan fingerprint density at radius 1 is 1.17 bits per heavy atom. The van der Waals surface area contributed by atoms with Crippen LogP contribution in [0.5, 0.6) is 0 Å². The Morgan fingerprint density at radius 3 is 2.41 bits per heavy atom. The molecule has 2 aromatic carbocycles. The van der Waals surface area contributed by atoms with E-state index in [0.717, 1.165) is 0 Å². The Labute approximate surface area is 169 Å². The molecule has 0 bridgehead atoms. The zero-order chi connectivity index (χ0) is 21.0. The zero-order valence-electron chi connectivity index (χ0n) is 15.0. The first kappa shape index (κ1) is 20.0. The van der Waals surface area contributed by atoms with Crippen LogP contribution in [-0.2, 0) is 4.74 Å². The number of non-ortho nitro benzene ring substituents is 1. The Bertz CT molecular complexity index is 1060. The van der Waals surface area contributed by atoms with Crippen molar-refractivity contribution in [3.63, 3.8) is 0 Å². The summed E-state index contributed by atoms with van der Waals surface area (Å²) in [6.45, 7) is 1.75. The number of nitro groups is 1. The monoisotopic (exact) mass is 415 g/mol. The molecule has 0 radical (unpaired) electrons. The van der Waals surface area contributed by atoms with Crippen LogP contribution in [0.2, 0.25) is 5.02 Å². The SMILES string of the molecule is CCOC(=O)c1c(-c2ccc(Cl)cc2)noc1NC(=O)c1ccc([N+](=O)[O-])cc1. The van der Waals surface area contributed by atoms with Crippen LogP contribution >= 0.6 is 11.6 Å². The van der Waals surface area contributed by atoms with Gasteiger partial charge in [-0.1, -0.05) is 28.9 Å². The van der Waals surface area contributed by atoms with Crippen molar-refractivity contribution in [1.82, 2.24) is 5.16 Å². The van der Waals surface area contributed by atoms with Crippen LogP contribution in [0.15, 0.2) is 53.1 Å². The van der Waals surface area contributed by atoms with Crippen molar-refractivity contribution in [3.05, 3.63) is 74.8 Å². The molecular formula is C19H14ClN3O6. The second kappa shape index (κ2) is 8.53. The maximum atomic E-state index is 12.5. The van der Waals surface area contributed by atoms with Gasteiger partial charge in [-0.15, -0.1) is 0 Å². The third-order valence-electron chi connectivity index (χ3n) is 3.86. The summed E-state index contributed by atoms with van der Waals surface area (Å²) in [6.07, 6.45) is 0. The van der Waals surface area contributed by atoms with Gasteiger partial charge in [0.2, 0.25) is 5.88 Å². The molecule has 1 aromatic heterocycles. The summed E-state index contributed by atoms with van der Waals surface area (Å²) in [4.78, 5) is 35.1. The molecule has 0 aliphatic carbocycles. The van der Waals surface area contributed by atoms with E-state index in [-0.39, 0.29) is 35.0 Å². The van der Waals surface area contributed by atoms with Gasteiger partial charge in [0.25, 0.3) is 11.6 Å². The maximum absolute atomic E-state index is 12.5. The highest BCUT2D eigenvalue weighted by Crippen LogP contribution is 2.31. The predicted molar refractivity (Wildman–Crippen MR) is 104 cm³/mol. The molecule has 3 rings (SSSR count). The van der Waals surface area contributed by atoms with E-state index in [9.17, 15) is 19.7 Å². The molecule has 29 heavy (non-hydrogen) atoms. The maximum Gasteiger partial charge on any atom is 0.346 e. The molecule has 148 valence electrons. The summed E-state index contributed by atoms with van der Waals surface area (Å²) in [7, 11) is 0. The Kier molecular flexibility index (Phi) is 5.89. The zero-order valence-corrected chi connectivity index (χ0v) is 15.8. The molecule has 1 N–H and O–H groups in total. The van der Waals surface area contributed by atoms with E-state index >= 15 is 0 Å². The lowest BCUT2D eigenvalue weighted by Gasteiger charge is -2.06. The van der Waals surface area contributed by atoms with E-state index < -0.39 is 16.8 Å². The smallest absolute Gasteiger partial charge is 0.346 e. The van der Waals surface area contributed by atoms with Gasteiger partial charge < -0.3 is 9.26 Å². The Morgan fingerprint density at radius 2 is 1.83 bits per heavy atom. The summed E-state index contributed by atoms with van der Waals surface area (Å²) in [5.41, 5.74) is 0.647. The number of anilines is 1. The van der Waals surface area contributed by atoms with Gasteiger partial charge in [-0.2, -0.15) is 0 Å². The molecule has 3 aromatic rings. The van der Waals surface area contributed by atoms with Crippen molar-refractivity contribution >= 4 is 35.0 Å². The van der Waals surface area contributed by atoms with Crippen LogP contribution in [0.3, 0.4) is 0 Å². The number of benzene rings is 2. The lowest BCUT2D eigenvalue weighted by atomic mass is 10.1. The number of ether oxygens (including phenoxy) is 1. The van der Waals surface area contributed by atoms with Gasteiger partial charge >= 0.3 is 5.97 Å². The van der Waals surface area contributed by atoms with E-state index in [2.05, 4.69) is 10.5 Å². The van der Waals surface area contributed by atoms with Crippen LogP contribution < -0.4 is 5.32 Å². The van der Waals surface area contributed by atoms with Crippen LogP contribution in [0.25, 0.3) is 11.3 Å². The summed E-state index contributed by atoms with van der Waals surface area (Å²) >= 11 is 5.89. The normalized spacial score (nSPS) is 10.4. The van der Waals surface area contributed by atoms with Crippen molar-refractivity contribution < 1.29 is 23.8 Å². The topological polar surface area (TPSA) is 125 Å². The number of esters is 1. The minimum absolute atomic E-state index is 0.0514. The van der Waals surface area contributed by atoms with Crippen molar-refractivity contribution in [3.8, 4) is 11.3 Å². The first-order valence-electron chi connectivity index (χ1n) is 8.39. The number of hydrogen-bond donors (Lipinski definition) is 1. The number of amides is 1. The highest BCUT2D eigenvalue weighted by atomic mass is 35.5.